The average Bonchev–Trinajstić information content (AvgIpc) is 2.31. The topological polar surface area (TPSA) is 29.1 Å². The molecule has 1 aromatic carbocycles. The lowest BCUT2D eigenvalue weighted by Gasteiger charge is -2.16. The number of carbonyl (C=O) groups is 1. The molecule has 2 nitrogen and oxygen atoms in total. The first-order valence-electron chi connectivity index (χ1n) is 6.07. The molecule has 3 heteroatoms. The van der Waals surface area contributed by atoms with Crippen LogP contribution in [0.2, 0.25) is 0 Å². The lowest BCUT2D eigenvalue weighted by Crippen LogP contribution is -2.35. The Morgan fingerprint density at radius 2 is 2.12 bits per heavy atom. The van der Waals surface area contributed by atoms with Crippen LogP contribution in [0.5, 0.6) is 0 Å². The molecule has 0 saturated heterocycles. The van der Waals surface area contributed by atoms with Crippen LogP contribution < -0.4 is 5.32 Å². The van der Waals surface area contributed by atoms with Gasteiger partial charge in [-0.25, -0.2) is 0 Å². The molecule has 1 aromatic rings. The van der Waals surface area contributed by atoms with E-state index in [-0.39, 0.29) is 11.9 Å². The molecule has 17 heavy (non-hydrogen) atoms. The Balaban J connectivity index is 2.52. The van der Waals surface area contributed by atoms with Crippen molar-refractivity contribution in [2.75, 3.05) is 5.88 Å². The van der Waals surface area contributed by atoms with Crippen molar-refractivity contribution in [2.24, 2.45) is 0 Å². The summed E-state index contributed by atoms with van der Waals surface area (Å²) in [6, 6.07) is 8.17. The summed E-state index contributed by atoms with van der Waals surface area (Å²) in [5, 5.41) is 3.02. The first kappa shape index (κ1) is 14.0. The summed E-state index contributed by atoms with van der Waals surface area (Å²) < 4.78 is 0. The summed E-state index contributed by atoms with van der Waals surface area (Å²) in [5.74, 6) is 0.666. The minimum Gasteiger partial charge on any atom is -0.353 e. The van der Waals surface area contributed by atoms with Gasteiger partial charge in [-0.2, -0.15) is 0 Å². The molecule has 0 radical (unpaired) electrons. The molecule has 0 aliphatic carbocycles. The van der Waals surface area contributed by atoms with Gasteiger partial charge in [0.05, 0.1) is 6.42 Å². The number of nitrogens with one attached hydrogen (secondary N) is 1. The Morgan fingerprint density at radius 3 is 2.71 bits per heavy atom. The number of carbonyl (C=O) groups excluding carboxylic acids is 1. The SMILES string of the molecule is CCC(CCCl)NC(=O)Cc1ccccc1C. The maximum absolute atomic E-state index is 11.9. The van der Waals surface area contributed by atoms with Gasteiger partial charge in [-0.15, -0.1) is 11.6 Å². The summed E-state index contributed by atoms with van der Waals surface area (Å²) in [6.07, 6.45) is 2.20. The van der Waals surface area contributed by atoms with Gasteiger partial charge >= 0.3 is 0 Å². The molecule has 1 rings (SSSR count). The van der Waals surface area contributed by atoms with Crippen molar-refractivity contribution in [3.05, 3.63) is 35.4 Å². The van der Waals surface area contributed by atoms with Gasteiger partial charge in [0.15, 0.2) is 0 Å². The first-order chi connectivity index (χ1) is 8.17. The van der Waals surface area contributed by atoms with Gasteiger partial charge in [0, 0.05) is 11.9 Å². The summed E-state index contributed by atoms with van der Waals surface area (Å²) in [5.41, 5.74) is 2.25. The quantitative estimate of drug-likeness (QED) is 0.776. The zero-order valence-corrected chi connectivity index (χ0v) is 11.3. The van der Waals surface area contributed by atoms with Crippen LogP contribution in [0.15, 0.2) is 24.3 Å². The third-order valence-corrected chi connectivity index (χ3v) is 3.15. The molecular formula is C14H20ClNO. The predicted octanol–water partition coefficient (Wildman–Crippen LogP) is 3.06. The van der Waals surface area contributed by atoms with E-state index in [0.717, 1.165) is 24.0 Å². The molecule has 0 bridgehead atoms. The molecule has 0 aliphatic heterocycles. The Kier molecular flexibility index (Phi) is 6.06. The van der Waals surface area contributed by atoms with Gasteiger partial charge in [0.25, 0.3) is 0 Å². The van der Waals surface area contributed by atoms with E-state index in [4.69, 9.17) is 11.6 Å². The average molecular weight is 254 g/mol. The van der Waals surface area contributed by atoms with Crippen LogP contribution in [0.25, 0.3) is 0 Å². The van der Waals surface area contributed by atoms with E-state index in [0.29, 0.717) is 12.3 Å². The molecule has 0 aromatic heterocycles. The van der Waals surface area contributed by atoms with Crippen molar-refractivity contribution in [1.82, 2.24) is 5.32 Å². The van der Waals surface area contributed by atoms with Crippen LogP contribution in [-0.4, -0.2) is 17.8 Å². The summed E-state index contributed by atoms with van der Waals surface area (Å²) >= 11 is 5.69. The van der Waals surface area contributed by atoms with Crippen LogP contribution in [0.3, 0.4) is 0 Å². The number of hydrogen-bond donors (Lipinski definition) is 1. The van der Waals surface area contributed by atoms with Gasteiger partial charge in [-0.05, 0) is 30.9 Å². The predicted molar refractivity (Wildman–Crippen MR) is 72.4 cm³/mol. The molecular weight excluding hydrogens is 234 g/mol. The number of rotatable bonds is 6. The van der Waals surface area contributed by atoms with E-state index in [1.807, 2.05) is 31.2 Å². The Bertz CT molecular complexity index is 365. The van der Waals surface area contributed by atoms with Gasteiger partial charge in [-0.3, -0.25) is 4.79 Å². The molecule has 1 amide bonds. The third-order valence-electron chi connectivity index (χ3n) is 2.93. The van der Waals surface area contributed by atoms with Crippen molar-refractivity contribution in [1.29, 1.82) is 0 Å². The lowest BCUT2D eigenvalue weighted by atomic mass is 10.1. The highest BCUT2D eigenvalue weighted by Gasteiger charge is 2.10. The second-order valence-corrected chi connectivity index (χ2v) is 4.63. The zero-order chi connectivity index (χ0) is 12.7. The van der Waals surface area contributed by atoms with Crippen LogP contribution in [0.4, 0.5) is 0 Å². The molecule has 0 spiro atoms. The van der Waals surface area contributed by atoms with E-state index >= 15 is 0 Å². The number of aryl methyl sites for hydroxylation is 1. The molecule has 0 fully saturated rings. The standard InChI is InChI=1S/C14H20ClNO/c1-3-13(8-9-15)16-14(17)10-12-7-5-4-6-11(12)2/h4-7,13H,3,8-10H2,1-2H3,(H,16,17). The van der Waals surface area contributed by atoms with Crippen LogP contribution in [-0.2, 0) is 11.2 Å². The second kappa shape index (κ2) is 7.33. The molecule has 1 unspecified atom stereocenters. The Hall–Kier alpha value is -1.02. The van der Waals surface area contributed by atoms with Gasteiger partial charge in [0.2, 0.25) is 5.91 Å². The molecule has 0 saturated carbocycles. The monoisotopic (exact) mass is 253 g/mol. The molecule has 94 valence electrons. The van der Waals surface area contributed by atoms with E-state index in [1.54, 1.807) is 0 Å². The van der Waals surface area contributed by atoms with Crippen LogP contribution in [0, 0.1) is 6.92 Å². The minimum atomic E-state index is 0.0799. The Labute approximate surface area is 108 Å². The van der Waals surface area contributed by atoms with E-state index < -0.39 is 0 Å². The van der Waals surface area contributed by atoms with Gasteiger partial charge < -0.3 is 5.32 Å². The number of benzene rings is 1. The number of alkyl halides is 1. The molecule has 1 atom stereocenters. The van der Waals surface area contributed by atoms with Crippen LogP contribution in [0.1, 0.15) is 30.9 Å². The molecule has 0 aliphatic rings. The van der Waals surface area contributed by atoms with Crippen molar-refractivity contribution >= 4 is 17.5 Å². The maximum atomic E-state index is 11.9. The highest BCUT2D eigenvalue weighted by atomic mass is 35.5. The third kappa shape index (κ3) is 4.78. The van der Waals surface area contributed by atoms with Crippen molar-refractivity contribution < 1.29 is 4.79 Å². The van der Waals surface area contributed by atoms with E-state index in [2.05, 4.69) is 12.2 Å². The fourth-order valence-electron chi connectivity index (χ4n) is 1.77. The maximum Gasteiger partial charge on any atom is 0.224 e. The van der Waals surface area contributed by atoms with Gasteiger partial charge in [0.1, 0.15) is 0 Å². The van der Waals surface area contributed by atoms with E-state index in [1.165, 1.54) is 0 Å². The summed E-state index contributed by atoms with van der Waals surface area (Å²) in [6.45, 7) is 4.09. The number of hydrogen-bond acceptors (Lipinski definition) is 1. The number of halogens is 1. The highest BCUT2D eigenvalue weighted by Crippen LogP contribution is 2.08. The fraction of sp³-hybridized carbons (Fsp3) is 0.500. The van der Waals surface area contributed by atoms with Gasteiger partial charge in [-0.1, -0.05) is 31.2 Å². The smallest absolute Gasteiger partial charge is 0.224 e. The number of amides is 1. The molecule has 1 N–H and O–H groups in total. The summed E-state index contributed by atoms with van der Waals surface area (Å²) in [4.78, 5) is 11.9. The Morgan fingerprint density at radius 1 is 1.41 bits per heavy atom. The fourth-order valence-corrected chi connectivity index (χ4v) is 2.03. The second-order valence-electron chi connectivity index (χ2n) is 4.25. The first-order valence-corrected chi connectivity index (χ1v) is 6.60. The van der Waals surface area contributed by atoms with Crippen molar-refractivity contribution in [3.63, 3.8) is 0 Å². The normalized spacial score (nSPS) is 12.2. The largest absolute Gasteiger partial charge is 0.353 e. The minimum absolute atomic E-state index is 0.0799. The van der Waals surface area contributed by atoms with E-state index in [9.17, 15) is 4.79 Å². The van der Waals surface area contributed by atoms with Crippen molar-refractivity contribution in [3.8, 4) is 0 Å². The van der Waals surface area contributed by atoms with Crippen LogP contribution >= 0.6 is 11.6 Å². The zero-order valence-electron chi connectivity index (χ0n) is 10.5. The van der Waals surface area contributed by atoms with Crippen molar-refractivity contribution in [2.45, 2.75) is 39.2 Å². The lowest BCUT2D eigenvalue weighted by molar-refractivity contribution is -0.121. The molecule has 0 heterocycles. The summed E-state index contributed by atoms with van der Waals surface area (Å²) in [7, 11) is 0. The highest BCUT2D eigenvalue weighted by molar-refractivity contribution is 6.17.